The molecule has 194 valence electrons. The van der Waals surface area contributed by atoms with Crippen LogP contribution >= 0.6 is 0 Å². The maximum absolute atomic E-state index is 13.9. The second-order valence-corrected chi connectivity index (χ2v) is 10.2. The van der Waals surface area contributed by atoms with Crippen LogP contribution in [0.25, 0.3) is 0 Å². The van der Waals surface area contributed by atoms with E-state index in [1.807, 2.05) is 0 Å². The Bertz CT molecular complexity index is 946. The Balaban J connectivity index is 1.44. The number of nitrogens with zero attached hydrogens (tertiary/aromatic N) is 4. The van der Waals surface area contributed by atoms with E-state index in [1.165, 1.54) is 0 Å². The summed E-state index contributed by atoms with van der Waals surface area (Å²) in [4.78, 5) is 35.8. The molecule has 2 unspecified atom stereocenters. The zero-order chi connectivity index (χ0) is 25.4. The van der Waals surface area contributed by atoms with Gasteiger partial charge < -0.3 is 14.5 Å². The SMILES string of the molecule is CCOC(=O)N1CCN(C2CCC(C(=O)N3CCc4ncc(C(F)(F)F)cc4C3)(C(C)C)C2)CC1. The Morgan fingerprint density at radius 1 is 1.17 bits per heavy atom. The quantitative estimate of drug-likeness (QED) is 0.632. The summed E-state index contributed by atoms with van der Waals surface area (Å²) in [7, 11) is 0. The van der Waals surface area contributed by atoms with Crippen LogP contribution < -0.4 is 0 Å². The van der Waals surface area contributed by atoms with Gasteiger partial charge in [0.1, 0.15) is 0 Å². The zero-order valence-electron chi connectivity index (χ0n) is 20.7. The van der Waals surface area contributed by atoms with Gasteiger partial charge in [0.05, 0.1) is 17.6 Å². The third-order valence-corrected chi connectivity index (χ3v) is 8.07. The first-order valence-electron chi connectivity index (χ1n) is 12.5. The molecule has 1 saturated carbocycles. The molecule has 35 heavy (non-hydrogen) atoms. The number of ether oxygens (including phenoxy) is 1. The number of hydrogen-bond donors (Lipinski definition) is 0. The fraction of sp³-hybridized carbons (Fsp3) is 0.720. The van der Waals surface area contributed by atoms with Gasteiger partial charge in [0.2, 0.25) is 5.91 Å². The molecule has 0 radical (unpaired) electrons. The minimum atomic E-state index is -4.45. The number of amides is 2. The van der Waals surface area contributed by atoms with Crippen molar-refractivity contribution in [2.45, 2.75) is 65.2 Å². The molecule has 10 heteroatoms. The number of hydrogen-bond acceptors (Lipinski definition) is 5. The van der Waals surface area contributed by atoms with Crippen LogP contribution in [0.5, 0.6) is 0 Å². The van der Waals surface area contributed by atoms with Crippen molar-refractivity contribution in [3.8, 4) is 0 Å². The average Bonchev–Trinajstić information content (AvgIpc) is 3.29. The van der Waals surface area contributed by atoms with Crippen LogP contribution in [0.2, 0.25) is 0 Å². The van der Waals surface area contributed by atoms with E-state index in [1.54, 1.807) is 16.7 Å². The van der Waals surface area contributed by atoms with Crippen LogP contribution in [0.15, 0.2) is 12.3 Å². The number of carbonyl (C=O) groups is 2. The first kappa shape index (κ1) is 25.7. The molecule has 0 N–H and O–H groups in total. The van der Waals surface area contributed by atoms with E-state index in [9.17, 15) is 22.8 Å². The van der Waals surface area contributed by atoms with E-state index in [0.29, 0.717) is 43.9 Å². The monoisotopic (exact) mass is 496 g/mol. The Hall–Kier alpha value is -2.36. The number of rotatable bonds is 4. The summed E-state index contributed by atoms with van der Waals surface area (Å²) in [5.41, 5.74) is -0.172. The molecule has 2 amide bonds. The van der Waals surface area contributed by atoms with Crippen LogP contribution in [0.3, 0.4) is 0 Å². The average molecular weight is 497 g/mol. The largest absolute Gasteiger partial charge is 0.450 e. The van der Waals surface area contributed by atoms with Crippen molar-refractivity contribution in [3.05, 3.63) is 29.1 Å². The number of aromatic nitrogens is 1. The third kappa shape index (κ3) is 5.13. The first-order chi connectivity index (χ1) is 16.5. The number of halogens is 3. The maximum Gasteiger partial charge on any atom is 0.417 e. The van der Waals surface area contributed by atoms with Crippen molar-refractivity contribution >= 4 is 12.0 Å². The van der Waals surface area contributed by atoms with Gasteiger partial charge in [-0.1, -0.05) is 13.8 Å². The predicted molar refractivity (Wildman–Crippen MR) is 123 cm³/mol. The van der Waals surface area contributed by atoms with Crippen molar-refractivity contribution in [1.82, 2.24) is 19.7 Å². The van der Waals surface area contributed by atoms with Crippen molar-refractivity contribution in [2.75, 3.05) is 39.3 Å². The van der Waals surface area contributed by atoms with Crippen LogP contribution in [0, 0.1) is 11.3 Å². The molecule has 1 aromatic rings. The highest BCUT2D eigenvalue weighted by atomic mass is 19.4. The van der Waals surface area contributed by atoms with E-state index in [-0.39, 0.29) is 30.5 Å². The minimum absolute atomic E-state index is 0.0446. The number of piperazine rings is 1. The van der Waals surface area contributed by atoms with E-state index in [0.717, 1.165) is 44.6 Å². The van der Waals surface area contributed by atoms with Crippen LogP contribution in [0.4, 0.5) is 18.0 Å². The van der Waals surface area contributed by atoms with E-state index in [4.69, 9.17) is 4.74 Å². The lowest BCUT2D eigenvalue weighted by atomic mass is 9.73. The van der Waals surface area contributed by atoms with E-state index >= 15 is 0 Å². The fourth-order valence-electron chi connectivity index (χ4n) is 5.88. The summed E-state index contributed by atoms with van der Waals surface area (Å²) in [6, 6.07) is 1.39. The smallest absolute Gasteiger partial charge is 0.417 e. The highest BCUT2D eigenvalue weighted by Gasteiger charge is 2.51. The molecule has 1 aromatic heterocycles. The summed E-state index contributed by atoms with van der Waals surface area (Å²) in [6.07, 6.45) is -0.999. The Morgan fingerprint density at radius 2 is 1.89 bits per heavy atom. The van der Waals surface area contributed by atoms with Crippen molar-refractivity contribution < 1.29 is 27.5 Å². The molecular formula is C25H35F3N4O3. The molecule has 2 fully saturated rings. The summed E-state index contributed by atoms with van der Waals surface area (Å²) < 4.78 is 44.7. The van der Waals surface area contributed by atoms with Gasteiger partial charge in [0.15, 0.2) is 0 Å². The minimum Gasteiger partial charge on any atom is -0.450 e. The van der Waals surface area contributed by atoms with Gasteiger partial charge in [0, 0.05) is 63.6 Å². The molecule has 3 heterocycles. The standard InChI is InChI=1S/C25H35F3N4O3/c1-4-35-23(34)31-11-9-30(10-12-31)20-5-7-24(14-20,17(2)3)22(33)32-8-6-21-18(16-32)13-19(15-29-21)25(26,27)28/h13,15,17,20H,4-12,14,16H2,1-3H3. The number of fused-ring (bicyclic) bond motifs is 1. The van der Waals surface area contributed by atoms with Crippen LogP contribution in [-0.2, 0) is 28.7 Å². The number of carbonyl (C=O) groups excluding carboxylic acids is 2. The topological polar surface area (TPSA) is 66.0 Å². The lowest BCUT2D eigenvalue weighted by Crippen LogP contribution is -2.52. The molecule has 3 aliphatic rings. The van der Waals surface area contributed by atoms with Gasteiger partial charge in [-0.25, -0.2) is 4.79 Å². The normalized spacial score (nSPS) is 25.6. The zero-order valence-corrected chi connectivity index (χ0v) is 20.7. The van der Waals surface area contributed by atoms with Gasteiger partial charge >= 0.3 is 12.3 Å². The summed E-state index contributed by atoms with van der Waals surface area (Å²) >= 11 is 0. The summed E-state index contributed by atoms with van der Waals surface area (Å²) in [5, 5.41) is 0. The molecule has 2 atom stereocenters. The number of pyridine rings is 1. The summed E-state index contributed by atoms with van der Waals surface area (Å²) in [5.74, 6) is 0.157. The molecule has 1 saturated heterocycles. The lowest BCUT2D eigenvalue weighted by Gasteiger charge is -2.41. The van der Waals surface area contributed by atoms with Gasteiger partial charge in [-0.2, -0.15) is 13.2 Å². The second kappa shape index (κ2) is 9.95. The third-order valence-electron chi connectivity index (χ3n) is 8.07. The summed E-state index contributed by atoms with van der Waals surface area (Å²) in [6.45, 7) is 9.63. The molecule has 2 aliphatic heterocycles. The Morgan fingerprint density at radius 3 is 2.51 bits per heavy atom. The van der Waals surface area contributed by atoms with Crippen molar-refractivity contribution in [3.63, 3.8) is 0 Å². The van der Waals surface area contributed by atoms with Crippen molar-refractivity contribution in [2.24, 2.45) is 11.3 Å². The maximum atomic E-state index is 13.9. The molecule has 4 rings (SSSR count). The van der Waals surface area contributed by atoms with E-state index < -0.39 is 17.2 Å². The van der Waals surface area contributed by atoms with Gasteiger partial charge in [-0.3, -0.25) is 14.7 Å². The second-order valence-electron chi connectivity index (χ2n) is 10.2. The first-order valence-corrected chi connectivity index (χ1v) is 12.5. The highest BCUT2D eigenvalue weighted by Crippen LogP contribution is 2.48. The predicted octanol–water partition coefficient (Wildman–Crippen LogP) is 3.95. The molecule has 7 nitrogen and oxygen atoms in total. The molecule has 0 aromatic carbocycles. The van der Waals surface area contributed by atoms with Gasteiger partial charge in [-0.05, 0) is 43.7 Å². The Labute approximate surface area is 204 Å². The molecule has 1 aliphatic carbocycles. The van der Waals surface area contributed by atoms with Crippen molar-refractivity contribution in [1.29, 1.82) is 0 Å². The number of alkyl halides is 3. The van der Waals surface area contributed by atoms with Gasteiger partial charge in [-0.15, -0.1) is 0 Å². The van der Waals surface area contributed by atoms with Crippen LogP contribution in [0.1, 0.15) is 56.9 Å². The van der Waals surface area contributed by atoms with Gasteiger partial charge in [0.25, 0.3) is 0 Å². The fourth-order valence-corrected chi connectivity index (χ4v) is 5.88. The lowest BCUT2D eigenvalue weighted by molar-refractivity contribution is -0.146. The van der Waals surface area contributed by atoms with Crippen LogP contribution in [-0.4, -0.2) is 77.1 Å². The Kier molecular flexibility index (Phi) is 7.31. The molecule has 0 bridgehead atoms. The highest BCUT2D eigenvalue weighted by molar-refractivity contribution is 5.83. The molecule has 0 spiro atoms. The molecular weight excluding hydrogens is 461 g/mol. The van der Waals surface area contributed by atoms with E-state index in [2.05, 4.69) is 23.7 Å².